The fourth-order valence-corrected chi connectivity index (χ4v) is 3.97. The van der Waals surface area contributed by atoms with Crippen molar-refractivity contribution in [1.29, 1.82) is 0 Å². The summed E-state index contributed by atoms with van der Waals surface area (Å²) in [6, 6.07) is 4.29. The molecular formula is C20H31N5O5S. The van der Waals surface area contributed by atoms with Gasteiger partial charge in [-0.15, -0.1) is 0 Å². The number of likely N-dealkylation sites (N-methyl/N-ethyl adjacent to an activating group) is 1. The lowest BCUT2D eigenvalue weighted by molar-refractivity contribution is -0.116. The van der Waals surface area contributed by atoms with Gasteiger partial charge in [-0.2, -0.15) is 5.10 Å². The minimum atomic E-state index is -3.79. The van der Waals surface area contributed by atoms with Crippen LogP contribution in [0.15, 0.2) is 35.5 Å². The molecule has 31 heavy (non-hydrogen) atoms. The molecule has 0 atom stereocenters. The molecule has 0 spiro atoms. The summed E-state index contributed by atoms with van der Waals surface area (Å²) in [5.74, 6) is 0.429. The van der Waals surface area contributed by atoms with Gasteiger partial charge in [-0.1, -0.05) is 13.8 Å². The Labute approximate surface area is 183 Å². The summed E-state index contributed by atoms with van der Waals surface area (Å²) in [6.07, 6.45) is 3.32. The number of anilines is 1. The second kappa shape index (κ2) is 11.7. The van der Waals surface area contributed by atoms with Crippen LogP contribution in [0.4, 0.5) is 5.69 Å². The largest absolute Gasteiger partial charge is 0.493 e. The first kappa shape index (κ1) is 24.6. The topological polar surface area (TPSA) is 115 Å². The Bertz CT molecular complexity index is 957. The lowest BCUT2D eigenvalue weighted by Gasteiger charge is -2.17. The Morgan fingerprint density at radius 2 is 1.87 bits per heavy atom. The third kappa shape index (κ3) is 7.23. The van der Waals surface area contributed by atoms with Crippen LogP contribution in [0, 0.1) is 0 Å². The van der Waals surface area contributed by atoms with Crippen LogP contribution in [0.5, 0.6) is 11.5 Å². The zero-order valence-corrected chi connectivity index (χ0v) is 19.2. The van der Waals surface area contributed by atoms with Gasteiger partial charge in [0.2, 0.25) is 15.9 Å². The van der Waals surface area contributed by atoms with Crippen molar-refractivity contribution in [2.24, 2.45) is 0 Å². The van der Waals surface area contributed by atoms with E-state index in [0.29, 0.717) is 17.2 Å². The highest BCUT2D eigenvalue weighted by molar-refractivity contribution is 7.89. The molecule has 0 saturated heterocycles. The lowest BCUT2D eigenvalue weighted by atomic mass is 10.3. The number of nitrogens with zero attached hydrogens (tertiary/aromatic N) is 3. The number of hydrogen-bond donors (Lipinski definition) is 2. The van der Waals surface area contributed by atoms with Crippen molar-refractivity contribution in [3.63, 3.8) is 0 Å². The summed E-state index contributed by atoms with van der Waals surface area (Å²) in [5.41, 5.74) is 0.576. The normalized spacial score (nSPS) is 11.5. The van der Waals surface area contributed by atoms with E-state index in [1.54, 1.807) is 17.1 Å². The number of sulfonamides is 1. The zero-order chi connectivity index (χ0) is 22.9. The van der Waals surface area contributed by atoms with E-state index < -0.39 is 10.0 Å². The minimum absolute atomic E-state index is 0.0167. The van der Waals surface area contributed by atoms with Gasteiger partial charge < -0.3 is 19.7 Å². The summed E-state index contributed by atoms with van der Waals surface area (Å²) >= 11 is 0. The first-order chi connectivity index (χ1) is 14.8. The van der Waals surface area contributed by atoms with Gasteiger partial charge in [0.25, 0.3) is 0 Å². The van der Waals surface area contributed by atoms with Gasteiger partial charge in [-0.05, 0) is 25.2 Å². The maximum Gasteiger partial charge on any atom is 0.240 e. The Hall–Kier alpha value is -2.63. The molecule has 2 rings (SSSR count). The summed E-state index contributed by atoms with van der Waals surface area (Å²) in [7, 11) is -0.891. The van der Waals surface area contributed by atoms with Crippen molar-refractivity contribution in [2.75, 3.05) is 45.7 Å². The van der Waals surface area contributed by atoms with Crippen LogP contribution < -0.4 is 19.5 Å². The molecule has 0 aliphatic carbocycles. The number of benzene rings is 1. The van der Waals surface area contributed by atoms with E-state index in [1.807, 2.05) is 0 Å². The quantitative estimate of drug-likeness (QED) is 0.473. The van der Waals surface area contributed by atoms with Gasteiger partial charge in [-0.25, -0.2) is 13.1 Å². The van der Waals surface area contributed by atoms with Crippen molar-refractivity contribution >= 4 is 21.6 Å². The van der Waals surface area contributed by atoms with E-state index in [-0.39, 0.29) is 23.8 Å². The Kier molecular flexibility index (Phi) is 9.28. The summed E-state index contributed by atoms with van der Waals surface area (Å²) in [5, 5.41) is 6.97. The van der Waals surface area contributed by atoms with Crippen LogP contribution in [0.1, 0.15) is 20.3 Å². The SMILES string of the molecule is CCN(CC)CCn1cc(NC(=O)CCNS(=O)(=O)c2ccc(OC)c(OC)c2)cn1. The molecule has 2 aromatic rings. The molecular weight excluding hydrogens is 422 g/mol. The van der Waals surface area contributed by atoms with E-state index in [9.17, 15) is 13.2 Å². The number of methoxy groups -OCH3 is 2. The molecule has 1 heterocycles. The Morgan fingerprint density at radius 1 is 1.16 bits per heavy atom. The second-order valence-corrected chi connectivity index (χ2v) is 8.50. The zero-order valence-electron chi connectivity index (χ0n) is 18.4. The highest BCUT2D eigenvalue weighted by Gasteiger charge is 2.17. The fraction of sp³-hybridized carbons (Fsp3) is 0.500. The average Bonchev–Trinajstić information content (AvgIpc) is 3.20. The maximum atomic E-state index is 12.5. The van der Waals surface area contributed by atoms with Gasteiger partial charge in [0.05, 0.1) is 37.5 Å². The van der Waals surface area contributed by atoms with E-state index in [1.165, 1.54) is 32.4 Å². The smallest absolute Gasteiger partial charge is 0.240 e. The molecule has 11 heteroatoms. The maximum absolute atomic E-state index is 12.5. The number of aromatic nitrogens is 2. The van der Waals surface area contributed by atoms with Crippen molar-refractivity contribution < 1.29 is 22.7 Å². The molecule has 0 aliphatic rings. The number of rotatable bonds is 13. The van der Waals surface area contributed by atoms with Gasteiger partial charge in [0.15, 0.2) is 11.5 Å². The van der Waals surface area contributed by atoms with Gasteiger partial charge >= 0.3 is 0 Å². The predicted molar refractivity (Wildman–Crippen MR) is 118 cm³/mol. The van der Waals surface area contributed by atoms with E-state index in [4.69, 9.17) is 9.47 Å². The molecule has 10 nitrogen and oxygen atoms in total. The molecule has 1 aromatic heterocycles. The van der Waals surface area contributed by atoms with Crippen molar-refractivity contribution in [3.05, 3.63) is 30.6 Å². The minimum Gasteiger partial charge on any atom is -0.493 e. The van der Waals surface area contributed by atoms with Crippen LogP contribution in [-0.4, -0.2) is 69.4 Å². The van der Waals surface area contributed by atoms with E-state index in [0.717, 1.165) is 26.2 Å². The summed E-state index contributed by atoms with van der Waals surface area (Å²) in [4.78, 5) is 14.5. The van der Waals surface area contributed by atoms with Crippen LogP contribution in [0.2, 0.25) is 0 Å². The number of hydrogen-bond acceptors (Lipinski definition) is 7. The van der Waals surface area contributed by atoms with Crippen LogP contribution in [0.3, 0.4) is 0 Å². The Morgan fingerprint density at radius 3 is 2.52 bits per heavy atom. The molecule has 0 fully saturated rings. The Balaban J connectivity index is 1.84. The summed E-state index contributed by atoms with van der Waals surface area (Å²) < 4.78 is 39.4. The third-order valence-corrected chi connectivity index (χ3v) is 6.22. The molecule has 0 bridgehead atoms. The van der Waals surface area contributed by atoms with Crippen LogP contribution in [-0.2, 0) is 21.4 Å². The highest BCUT2D eigenvalue weighted by atomic mass is 32.2. The van der Waals surface area contributed by atoms with E-state index >= 15 is 0 Å². The predicted octanol–water partition coefficient (Wildman–Crippen LogP) is 1.55. The van der Waals surface area contributed by atoms with Crippen LogP contribution >= 0.6 is 0 Å². The molecule has 0 radical (unpaired) electrons. The first-order valence-electron chi connectivity index (χ1n) is 10.1. The highest BCUT2D eigenvalue weighted by Crippen LogP contribution is 2.29. The number of carbonyl (C=O) groups excluding carboxylic acids is 1. The molecule has 172 valence electrons. The van der Waals surface area contributed by atoms with Crippen molar-refractivity contribution in [1.82, 2.24) is 19.4 Å². The fourth-order valence-electron chi connectivity index (χ4n) is 2.92. The first-order valence-corrected chi connectivity index (χ1v) is 11.6. The standard InChI is InChI=1S/C20H31N5O5S/c1-5-24(6-2)11-12-25-15-16(14-21-25)23-20(26)9-10-22-31(27,28)17-7-8-18(29-3)19(13-17)30-4/h7-8,13-15,22H,5-6,9-12H2,1-4H3,(H,23,26). The molecule has 1 amide bonds. The molecule has 0 saturated carbocycles. The van der Waals surface area contributed by atoms with Gasteiger partial charge in [0, 0.05) is 31.8 Å². The van der Waals surface area contributed by atoms with Gasteiger partial charge in [-0.3, -0.25) is 9.48 Å². The molecule has 0 aliphatic heterocycles. The number of nitrogens with one attached hydrogen (secondary N) is 2. The second-order valence-electron chi connectivity index (χ2n) is 6.73. The van der Waals surface area contributed by atoms with Gasteiger partial charge in [0.1, 0.15) is 0 Å². The lowest BCUT2D eigenvalue weighted by Crippen LogP contribution is -2.28. The molecule has 1 aromatic carbocycles. The average molecular weight is 454 g/mol. The number of carbonyl (C=O) groups is 1. The number of amides is 1. The van der Waals surface area contributed by atoms with Crippen molar-refractivity contribution in [3.8, 4) is 11.5 Å². The molecule has 2 N–H and O–H groups in total. The number of ether oxygens (including phenoxy) is 2. The van der Waals surface area contributed by atoms with Crippen molar-refractivity contribution in [2.45, 2.75) is 31.7 Å². The molecule has 0 unspecified atom stereocenters. The van der Waals surface area contributed by atoms with E-state index in [2.05, 4.69) is 33.9 Å². The third-order valence-electron chi connectivity index (χ3n) is 4.77. The van der Waals surface area contributed by atoms with Crippen LogP contribution in [0.25, 0.3) is 0 Å². The monoisotopic (exact) mass is 453 g/mol. The summed E-state index contributed by atoms with van der Waals surface area (Å²) in [6.45, 7) is 7.72.